The first-order chi connectivity index (χ1) is 5.11. The molecule has 0 saturated heterocycles. The molecule has 0 bridgehead atoms. The predicted molar refractivity (Wildman–Crippen MR) is 50.1 cm³/mol. The molecule has 0 amide bonds. The molecule has 1 heterocycles. The summed E-state index contributed by atoms with van der Waals surface area (Å²) in [6, 6.07) is 3.22. The van der Waals surface area contributed by atoms with Gasteiger partial charge in [-0.1, -0.05) is 35.4 Å². The lowest BCUT2D eigenvalue weighted by molar-refractivity contribution is 1.31. The molecule has 5 heteroatoms. The second-order valence-corrected chi connectivity index (χ2v) is 3.02. The van der Waals surface area contributed by atoms with E-state index in [0.717, 1.165) is 0 Å². The summed E-state index contributed by atoms with van der Waals surface area (Å²) in [7, 11) is 0. The van der Waals surface area contributed by atoms with Gasteiger partial charge in [-0.15, -0.1) is 0 Å². The zero-order chi connectivity index (χ0) is 8.43. The summed E-state index contributed by atoms with van der Waals surface area (Å²) in [5.74, 6) is 0. The normalized spacial score (nSPS) is 9.64. The Kier molecular flexibility index (Phi) is 2.65. The number of halogens is 2. The lowest BCUT2D eigenvalue weighted by Crippen LogP contribution is -2.10. The molecule has 0 aliphatic carbocycles. The summed E-state index contributed by atoms with van der Waals surface area (Å²) in [5, 5.41) is 0.569. The Bertz CT molecular complexity index is 301. The Morgan fingerprint density at radius 1 is 1.45 bits per heavy atom. The van der Waals surface area contributed by atoms with Gasteiger partial charge in [0.1, 0.15) is 15.3 Å². The predicted octanol–water partition coefficient (Wildman–Crippen LogP) is 2.02. The van der Waals surface area contributed by atoms with E-state index < -0.39 is 0 Å². The van der Waals surface area contributed by atoms with Crippen LogP contribution in [0, 0.1) is 0 Å². The zero-order valence-electron chi connectivity index (χ0n) is 5.34. The van der Waals surface area contributed by atoms with Crippen molar-refractivity contribution >= 4 is 40.4 Å². The van der Waals surface area contributed by atoms with Crippen molar-refractivity contribution in [2.24, 2.45) is 5.73 Å². The van der Waals surface area contributed by atoms with Crippen molar-refractivity contribution < 1.29 is 0 Å². The minimum Gasteiger partial charge on any atom is -0.389 e. The minimum absolute atomic E-state index is 0.221. The van der Waals surface area contributed by atoms with Gasteiger partial charge in [0.05, 0.1) is 0 Å². The Balaban J connectivity index is 3.20. The Morgan fingerprint density at radius 3 is 2.55 bits per heavy atom. The van der Waals surface area contributed by atoms with Crippen LogP contribution in [0.1, 0.15) is 5.56 Å². The highest BCUT2D eigenvalue weighted by atomic mass is 35.5. The number of thiocarbonyl (C=S) groups is 1. The van der Waals surface area contributed by atoms with E-state index in [1.54, 1.807) is 12.1 Å². The van der Waals surface area contributed by atoms with E-state index in [1.165, 1.54) is 0 Å². The third-order valence-corrected chi connectivity index (χ3v) is 1.80. The van der Waals surface area contributed by atoms with Gasteiger partial charge in [-0.3, -0.25) is 0 Å². The maximum atomic E-state index is 5.66. The second kappa shape index (κ2) is 3.34. The molecule has 1 aromatic heterocycles. The number of nitrogens with zero attached hydrogens (tertiary/aromatic N) is 1. The van der Waals surface area contributed by atoms with Gasteiger partial charge in [0, 0.05) is 5.56 Å². The Morgan fingerprint density at radius 2 is 2.09 bits per heavy atom. The molecule has 58 valence electrons. The van der Waals surface area contributed by atoms with Crippen LogP contribution in [0.4, 0.5) is 0 Å². The molecule has 0 atom stereocenters. The van der Waals surface area contributed by atoms with Crippen LogP contribution in [-0.2, 0) is 0 Å². The molecule has 0 radical (unpaired) electrons. The van der Waals surface area contributed by atoms with Gasteiger partial charge in [-0.25, -0.2) is 4.98 Å². The van der Waals surface area contributed by atoms with Gasteiger partial charge in [0.25, 0.3) is 0 Å². The second-order valence-electron chi connectivity index (χ2n) is 1.84. The average molecular weight is 207 g/mol. The molecule has 0 aliphatic heterocycles. The summed E-state index contributed by atoms with van der Waals surface area (Å²) >= 11 is 15.9. The van der Waals surface area contributed by atoms with Gasteiger partial charge in [-0.05, 0) is 12.1 Å². The van der Waals surface area contributed by atoms with Crippen molar-refractivity contribution in [3.63, 3.8) is 0 Å². The average Bonchev–Trinajstić information content (AvgIpc) is 1.85. The number of hydrogen-bond donors (Lipinski definition) is 1. The van der Waals surface area contributed by atoms with Crippen molar-refractivity contribution in [3.05, 3.63) is 28.0 Å². The fraction of sp³-hybridized carbons (Fsp3) is 0. The molecular formula is C6H4Cl2N2S. The van der Waals surface area contributed by atoms with E-state index in [4.69, 9.17) is 41.2 Å². The Labute approximate surface area is 79.3 Å². The molecule has 1 rings (SSSR count). The zero-order valence-corrected chi connectivity index (χ0v) is 7.67. The van der Waals surface area contributed by atoms with Crippen LogP contribution < -0.4 is 5.73 Å². The minimum atomic E-state index is 0.221. The van der Waals surface area contributed by atoms with Gasteiger partial charge in [0.15, 0.2) is 0 Å². The number of aromatic nitrogens is 1. The van der Waals surface area contributed by atoms with Gasteiger partial charge in [-0.2, -0.15) is 0 Å². The van der Waals surface area contributed by atoms with Crippen LogP contribution in [0.15, 0.2) is 12.1 Å². The molecule has 0 unspecified atom stereocenters. The van der Waals surface area contributed by atoms with Crippen LogP contribution >= 0.6 is 35.4 Å². The van der Waals surface area contributed by atoms with Gasteiger partial charge in [0.2, 0.25) is 0 Å². The number of rotatable bonds is 1. The molecular weight excluding hydrogens is 203 g/mol. The van der Waals surface area contributed by atoms with Crippen LogP contribution in [0.3, 0.4) is 0 Å². The molecule has 0 saturated carbocycles. The fourth-order valence-electron chi connectivity index (χ4n) is 0.596. The first kappa shape index (κ1) is 8.71. The molecule has 0 aliphatic rings. The van der Waals surface area contributed by atoms with Gasteiger partial charge >= 0.3 is 0 Å². The monoisotopic (exact) mass is 206 g/mol. The summed E-state index contributed by atoms with van der Waals surface area (Å²) in [6.45, 7) is 0. The molecule has 1 aromatic rings. The third-order valence-electron chi connectivity index (χ3n) is 1.08. The van der Waals surface area contributed by atoms with E-state index in [0.29, 0.717) is 10.7 Å². The molecule has 0 fully saturated rings. The van der Waals surface area contributed by atoms with Crippen molar-refractivity contribution in [2.75, 3.05) is 0 Å². The van der Waals surface area contributed by atoms with Crippen LogP contribution in [-0.4, -0.2) is 9.97 Å². The standard InChI is InChI=1S/C6H4Cl2N2S/c7-4-2-1-3(6(9)11)5(8)10-4/h1-2H,(H2,9,11). The van der Waals surface area contributed by atoms with Crippen LogP contribution in [0.2, 0.25) is 10.3 Å². The number of nitrogens with two attached hydrogens (primary N) is 1. The van der Waals surface area contributed by atoms with Gasteiger partial charge < -0.3 is 5.73 Å². The maximum absolute atomic E-state index is 5.66. The molecule has 11 heavy (non-hydrogen) atoms. The fourth-order valence-corrected chi connectivity index (χ4v) is 1.26. The third kappa shape index (κ3) is 2.02. The number of pyridine rings is 1. The van der Waals surface area contributed by atoms with Crippen molar-refractivity contribution in [1.82, 2.24) is 4.98 Å². The molecule has 2 nitrogen and oxygen atoms in total. The quantitative estimate of drug-likeness (QED) is 0.565. The SMILES string of the molecule is NC(=S)c1ccc(Cl)nc1Cl. The summed E-state index contributed by atoms with van der Waals surface area (Å²) < 4.78 is 0. The smallest absolute Gasteiger partial charge is 0.140 e. The van der Waals surface area contributed by atoms with E-state index in [-0.39, 0.29) is 10.1 Å². The van der Waals surface area contributed by atoms with E-state index in [1.807, 2.05) is 0 Å². The van der Waals surface area contributed by atoms with Crippen LogP contribution in [0.5, 0.6) is 0 Å². The lowest BCUT2D eigenvalue weighted by atomic mass is 10.3. The van der Waals surface area contributed by atoms with E-state index >= 15 is 0 Å². The highest BCUT2D eigenvalue weighted by Gasteiger charge is 2.03. The molecule has 0 aromatic carbocycles. The summed E-state index contributed by atoms with van der Waals surface area (Å²) in [6.07, 6.45) is 0. The largest absolute Gasteiger partial charge is 0.389 e. The topological polar surface area (TPSA) is 38.9 Å². The highest BCUT2D eigenvalue weighted by molar-refractivity contribution is 7.80. The maximum Gasteiger partial charge on any atom is 0.140 e. The summed E-state index contributed by atoms with van der Waals surface area (Å²) in [5.41, 5.74) is 5.88. The first-order valence-electron chi connectivity index (χ1n) is 2.73. The van der Waals surface area contributed by atoms with E-state index in [2.05, 4.69) is 4.98 Å². The first-order valence-corrected chi connectivity index (χ1v) is 3.89. The van der Waals surface area contributed by atoms with Crippen molar-refractivity contribution in [2.45, 2.75) is 0 Å². The Hall–Kier alpha value is -0.380. The lowest BCUT2D eigenvalue weighted by Gasteiger charge is -1.99. The highest BCUT2D eigenvalue weighted by Crippen LogP contribution is 2.15. The van der Waals surface area contributed by atoms with Crippen LogP contribution in [0.25, 0.3) is 0 Å². The van der Waals surface area contributed by atoms with Crippen molar-refractivity contribution in [3.8, 4) is 0 Å². The van der Waals surface area contributed by atoms with E-state index in [9.17, 15) is 0 Å². The molecule has 0 spiro atoms. The molecule has 2 N–H and O–H groups in total. The van der Waals surface area contributed by atoms with Crippen molar-refractivity contribution in [1.29, 1.82) is 0 Å². The number of hydrogen-bond acceptors (Lipinski definition) is 2. The summed E-state index contributed by atoms with van der Waals surface area (Å²) in [4.78, 5) is 3.98.